The number of nitrogens with one attached hydrogen (secondary N) is 3. The highest BCUT2D eigenvalue weighted by Crippen LogP contribution is 2.18. The Bertz CT molecular complexity index is 1520. The van der Waals surface area contributed by atoms with Gasteiger partial charge in [-0.15, -0.1) is 0 Å². The van der Waals surface area contributed by atoms with E-state index in [1.165, 1.54) is 12.1 Å². The van der Waals surface area contributed by atoms with Crippen molar-refractivity contribution in [3.63, 3.8) is 0 Å². The number of benzene rings is 2. The van der Waals surface area contributed by atoms with Crippen LogP contribution in [0.25, 0.3) is 28.3 Å². The summed E-state index contributed by atoms with van der Waals surface area (Å²) < 4.78 is 0. The van der Waals surface area contributed by atoms with Gasteiger partial charge >= 0.3 is 0 Å². The molecule has 0 saturated carbocycles. The highest BCUT2D eigenvalue weighted by atomic mass is 16.3. The maximum absolute atomic E-state index is 13.2. The standard InChI is InChI=1S/C28H36N6O4/c1-3-33-11-5-7-17(33)14-29-16-20-22(36)13-23(37)27-25(20)32-26-21(35)10-9-19(24(26)31-27)28(38)30-15-18-8-6-12-34(18)4-2/h9-10,13,16-18,29,31,36H,3-8,11-12,14-15H2,1-2H3,(H,30,38). The number of fused-ring (bicyclic) bond motifs is 2. The van der Waals surface area contributed by atoms with Crippen LogP contribution in [0.15, 0.2) is 27.8 Å². The van der Waals surface area contributed by atoms with Gasteiger partial charge in [-0.05, 0) is 64.0 Å². The van der Waals surface area contributed by atoms with E-state index in [0.717, 1.165) is 57.9 Å². The number of aromatic hydroxyl groups is 1. The van der Waals surface area contributed by atoms with E-state index in [1.807, 2.05) is 0 Å². The number of likely N-dealkylation sites (N-methyl/N-ethyl adjacent to an activating group) is 2. The van der Waals surface area contributed by atoms with Gasteiger partial charge in [0, 0.05) is 37.4 Å². The summed E-state index contributed by atoms with van der Waals surface area (Å²) in [5.41, 5.74) is -0.000507. The molecule has 4 N–H and O–H groups in total. The van der Waals surface area contributed by atoms with Crippen molar-refractivity contribution in [2.75, 3.05) is 39.3 Å². The number of hydrogen-bond acceptors (Lipinski definition) is 8. The lowest BCUT2D eigenvalue weighted by Crippen LogP contribution is -2.40. The van der Waals surface area contributed by atoms with E-state index in [1.54, 1.807) is 6.20 Å². The Morgan fingerprint density at radius 3 is 2.39 bits per heavy atom. The first kappa shape index (κ1) is 26.1. The van der Waals surface area contributed by atoms with Gasteiger partial charge in [0.1, 0.15) is 22.3 Å². The number of rotatable bonds is 8. The molecule has 2 aromatic carbocycles. The molecule has 2 aliphatic heterocycles. The van der Waals surface area contributed by atoms with Crippen molar-refractivity contribution >= 4 is 34.2 Å². The van der Waals surface area contributed by atoms with Gasteiger partial charge < -0.3 is 20.7 Å². The highest BCUT2D eigenvalue weighted by molar-refractivity contribution is 6.06. The van der Waals surface area contributed by atoms with Gasteiger partial charge in [-0.3, -0.25) is 24.2 Å². The molecule has 2 unspecified atom stereocenters. The molecule has 202 valence electrons. The molecule has 10 nitrogen and oxygen atoms in total. The van der Waals surface area contributed by atoms with Crippen LogP contribution in [0.2, 0.25) is 0 Å². The molecule has 5 rings (SSSR count). The molecule has 2 atom stereocenters. The van der Waals surface area contributed by atoms with E-state index in [-0.39, 0.29) is 50.8 Å². The van der Waals surface area contributed by atoms with E-state index in [0.29, 0.717) is 24.4 Å². The van der Waals surface area contributed by atoms with Gasteiger partial charge in [-0.2, -0.15) is 0 Å². The third kappa shape index (κ3) is 4.98. The van der Waals surface area contributed by atoms with Gasteiger partial charge in [0.15, 0.2) is 0 Å². The van der Waals surface area contributed by atoms with Crippen molar-refractivity contribution in [2.45, 2.75) is 51.6 Å². The average molecular weight is 521 g/mol. The van der Waals surface area contributed by atoms with Crippen molar-refractivity contribution in [3.8, 4) is 5.75 Å². The monoisotopic (exact) mass is 520 g/mol. The van der Waals surface area contributed by atoms with Crippen LogP contribution in [-0.2, 0) is 0 Å². The van der Waals surface area contributed by atoms with Crippen LogP contribution in [0, 0.1) is 0 Å². The Morgan fingerprint density at radius 2 is 1.71 bits per heavy atom. The largest absolute Gasteiger partial charge is 0.507 e. The molecule has 0 aliphatic carbocycles. The second kappa shape index (κ2) is 11.1. The number of aromatic nitrogens is 2. The van der Waals surface area contributed by atoms with Crippen LogP contribution in [0.3, 0.4) is 0 Å². The predicted molar refractivity (Wildman–Crippen MR) is 148 cm³/mol. The molecular weight excluding hydrogens is 484 g/mol. The molecule has 0 bridgehead atoms. The molecule has 2 fully saturated rings. The maximum atomic E-state index is 13.2. The van der Waals surface area contributed by atoms with E-state index in [9.17, 15) is 19.5 Å². The minimum atomic E-state index is -0.468. The number of H-pyrrole nitrogens is 1. The Hall–Kier alpha value is -3.50. The van der Waals surface area contributed by atoms with Gasteiger partial charge in [-0.25, -0.2) is 4.98 Å². The minimum Gasteiger partial charge on any atom is -0.507 e. The Balaban J connectivity index is 1.50. The molecule has 2 saturated heterocycles. The Morgan fingerprint density at radius 1 is 1.03 bits per heavy atom. The lowest BCUT2D eigenvalue weighted by Gasteiger charge is -2.23. The van der Waals surface area contributed by atoms with Crippen molar-refractivity contribution in [3.05, 3.63) is 49.4 Å². The SMILES string of the molecule is CCN1CCCC1CNC=c1c(O)cc(=O)c2[nH]c3c(C(=O)NCC4CCCN4CC)ccc(=O)c3nc12. The fourth-order valence-corrected chi connectivity index (χ4v) is 5.95. The number of likely N-dealkylation sites (tertiary alicyclic amines) is 2. The van der Waals surface area contributed by atoms with Crippen molar-refractivity contribution < 1.29 is 9.90 Å². The fourth-order valence-electron chi connectivity index (χ4n) is 5.95. The third-order valence-electron chi connectivity index (χ3n) is 8.05. The Labute approximate surface area is 220 Å². The van der Waals surface area contributed by atoms with Crippen LogP contribution < -0.4 is 26.7 Å². The lowest BCUT2D eigenvalue weighted by atomic mass is 10.1. The molecule has 1 amide bonds. The number of hydrogen-bond donors (Lipinski definition) is 4. The van der Waals surface area contributed by atoms with Crippen molar-refractivity contribution in [2.24, 2.45) is 0 Å². The first-order valence-corrected chi connectivity index (χ1v) is 13.6. The van der Waals surface area contributed by atoms with Gasteiger partial charge in [0.05, 0.1) is 16.3 Å². The average Bonchev–Trinajstić information content (AvgIpc) is 3.57. The van der Waals surface area contributed by atoms with Gasteiger partial charge in [-0.1, -0.05) is 13.8 Å². The summed E-state index contributed by atoms with van der Waals surface area (Å²) in [6.07, 6.45) is 6.04. The lowest BCUT2D eigenvalue weighted by molar-refractivity contribution is 0.0943. The first-order chi connectivity index (χ1) is 18.4. The summed E-state index contributed by atoms with van der Waals surface area (Å²) in [6, 6.07) is 4.60. The number of nitrogens with zero attached hydrogens (tertiary/aromatic N) is 3. The van der Waals surface area contributed by atoms with Crippen LogP contribution in [-0.4, -0.2) is 82.1 Å². The van der Waals surface area contributed by atoms with Crippen molar-refractivity contribution in [1.82, 2.24) is 30.4 Å². The van der Waals surface area contributed by atoms with E-state index in [2.05, 4.69) is 44.2 Å². The zero-order chi connectivity index (χ0) is 26.8. The number of carbonyl (C=O) groups is 1. The van der Waals surface area contributed by atoms with Crippen LogP contribution in [0.4, 0.5) is 0 Å². The second-order valence-corrected chi connectivity index (χ2v) is 10.2. The fraction of sp³-hybridized carbons (Fsp3) is 0.500. The maximum Gasteiger partial charge on any atom is 0.253 e. The third-order valence-corrected chi connectivity index (χ3v) is 8.05. The number of aromatic amines is 1. The summed E-state index contributed by atoms with van der Waals surface area (Å²) in [5.74, 6) is -0.542. The number of phenolic OH excluding ortho intramolecular Hbond substituents is 1. The summed E-state index contributed by atoms with van der Waals surface area (Å²) in [4.78, 5) is 51.1. The van der Waals surface area contributed by atoms with Crippen LogP contribution >= 0.6 is 0 Å². The Kier molecular flexibility index (Phi) is 7.62. The molecule has 10 heteroatoms. The van der Waals surface area contributed by atoms with Crippen LogP contribution in [0.5, 0.6) is 5.75 Å². The summed E-state index contributed by atoms with van der Waals surface area (Å²) >= 11 is 0. The van der Waals surface area contributed by atoms with E-state index >= 15 is 0 Å². The first-order valence-electron chi connectivity index (χ1n) is 13.6. The zero-order valence-corrected chi connectivity index (χ0v) is 22.0. The molecule has 0 spiro atoms. The number of carbonyl (C=O) groups excluding carboxylic acids is 1. The molecule has 3 aromatic rings. The number of amides is 1. The van der Waals surface area contributed by atoms with E-state index < -0.39 is 5.43 Å². The van der Waals surface area contributed by atoms with Crippen LogP contribution in [0.1, 0.15) is 49.9 Å². The molecule has 1 aromatic heterocycles. The topological polar surface area (TPSA) is 131 Å². The van der Waals surface area contributed by atoms with Gasteiger partial charge in [0.25, 0.3) is 5.91 Å². The second-order valence-electron chi connectivity index (χ2n) is 10.2. The predicted octanol–water partition coefficient (Wildman–Crippen LogP) is 0.887. The molecular formula is C28H36N6O4. The summed E-state index contributed by atoms with van der Waals surface area (Å²) in [5, 5.41) is 17.2. The smallest absolute Gasteiger partial charge is 0.253 e. The molecule has 3 heterocycles. The molecule has 2 aliphatic rings. The highest BCUT2D eigenvalue weighted by Gasteiger charge is 2.25. The summed E-state index contributed by atoms with van der Waals surface area (Å²) in [6.45, 7) is 9.47. The quantitative estimate of drug-likeness (QED) is 0.322. The minimum absolute atomic E-state index is 0.0498. The van der Waals surface area contributed by atoms with Crippen molar-refractivity contribution in [1.29, 1.82) is 0 Å². The molecule has 38 heavy (non-hydrogen) atoms. The normalized spacial score (nSPS) is 21.1. The zero-order valence-electron chi connectivity index (χ0n) is 22.0. The number of phenols is 1. The van der Waals surface area contributed by atoms with E-state index in [4.69, 9.17) is 0 Å². The van der Waals surface area contributed by atoms with Gasteiger partial charge in [0.2, 0.25) is 10.9 Å². The summed E-state index contributed by atoms with van der Waals surface area (Å²) in [7, 11) is 0. The molecule has 0 radical (unpaired) electrons.